The Labute approximate surface area is 177 Å². The second kappa shape index (κ2) is 8.01. The van der Waals surface area contributed by atoms with Gasteiger partial charge < -0.3 is 10.6 Å². The predicted octanol–water partition coefficient (Wildman–Crippen LogP) is 4.21. The van der Waals surface area contributed by atoms with Crippen LogP contribution < -0.4 is 10.6 Å². The smallest absolute Gasteiger partial charge is 0.223 e. The molecule has 1 spiro atoms. The quantitative estimate of drug-likeness (QED) is 0.701. The summed E-state index contributed by atoms with van der Waals surface area (Å²) in [6.45, 7) is 0.828. The number of rotatable bonds is 7. The predicted molar refractivity (Wildman–Crippen MR) is 113 cm³/mol. The highest BCUT2D eigenvalue weighted by molar-refractivity contribution is 7.09. The Hall–Kier alpha value is -1.43. The van der Waals surface area contributed by atoms with E-state index in [1.807, 2.05) is 11.6 Å². The lowest BCUT2D eigenvalue weighted by Crippen LogP contribution is -2.41. The SMILES string of the molecule is O=C(N[C@H](c1nccs1)C1CCC(CNC(=O)[C@H]2CC23CCC3)CC1)C1CCC1. The van der Waals surface area contributed by atoms with Crippen molar-refractivity contribution in [3.05, 3.63) is 16.6 Å². The number of nitrogens with one attached hydrogen (secondary N) is 2. The van der Waals surface area contributed by atoms with Crippen LogP contribution in [0.3, 0.4) is 0 Å². The van der Waals surface area contributed by atoms with Gasteiger partial charge in [-0.05, 0) is 75.0 Å². The molecule has 4 aliphatic rings. The van der Waals surface area contributed by atoms with Gasteiger partial charge in [-0.2, -0.15) is 0 Å². The Morgan fingerprint density at radius 2 is 1.90 bits per heavy atom. The van der Waals surface area contributed by atoms with Gasteiger partial charge in [-0.1, -0.05) is 12.8 Å². The van der Waals surface area contributed by atoms with Crippen LogP contribution >= 0.6 is 11.3 Å². The summed E-state index contributed by atoms with van der Waals surface area (Å²) < 4.78 is 0. The number of carbonyl (C=O) groups is 2. The molecule has 2 amide bonds. The molecule has 0 bridgehead atoms. The van der Waals surface area contributed by atoms with E-state index in [4.69, 9.17) is 0 Å². The third kappa shape index (κ3) is 3.97. The maximum absolute atomic E-state index is 12.6. The highest BCUT2D eigenvalue weighted by Gasteiger charge is 2.60. The number of hydrogen-bond donors (Lipinski definition) is 2. The topological polar surface area (TPSA) is 71.1 Å². The molecule has 5 rings (SSSR count). The molecule has 4 saturated carbocycles. The van der Waals surface area contributed by atoms with Gasteiger partial charge in [0.15, 0.2) is 0 Å². The van der Waals surface area contributed by atoms with Gasteiger partial charge in [-0.25, -0.2) is 4.98 Å². The average molecular weight is 416 g/mol. The molecule has 6 heteroatoms. The van der Waals surface area contributed by atoms with Gasteiger partial charge in [0.1, 0.15) is 5.01 Å². The van der Waals surface area contributed by atoms with Crippen LogP contribution in [0.25, 0.3) is 0 Å². The molecule has 1 heterocycles. The van der Waals surface area contributed by atoms with Crippen LogP contribution in [-0.2, 0) is 9.59 Å². The molecule has 0 aliphatic heterocycles. The largest absolute Gasteiger partial charge is 0.356 e. The first-order valence-electron chi connectivity index (χ1n) is 11.6. The molecule has 0 saturated heterocycles. The number of aromatic nitrogens is 1. The first kappa shape index (κ1) is 19.5. The Morgan fingerprint density at radius 1 is 1.10 bits per heavy atom. The standard InChI is InChI=1S/C23H33N3O2S/c27-20(17-3-1-4-17)26-19(22-24-11-12-29-22)16-7-5-15(6-8-16)14-25-21(28)18-13-23(18)9-2-10-23/h11-12,15-19H,1-10,13-14H2,(H,25,28)(H,26,27)/t15?,16?,18-,19+/m1/s1. The van der Waals surface area contributed by atoms with Crippen molar-refractivity contribution in [3.63, 3.8) is 0 Å². The van der Waals surface area contributed by atoms with Gasteiger partial charge in [0.2, 0.25) is 11.8 Å². The third-order valence-corrected chi connectivity index (χ3v) is 9.13. The third-order valence-electron chi connectivity index (χ3n) is 8.27. The van der Waals surface area contributed by atoms with Crippen molar-refractivity contribution in [1.29, 1.82) is 0 Å². The van der Waals surface area contributed by atoms with Crippen LogP contribution in [0, 0.1) is 29.1 Å². The van der Waals surface area contributed by atoms with E-state index < -0.39 is 0 Å². The molecule has 4 fully saturated rings. The summed E-state index contributed by atoms with van der Waals surface area (Å²) in [5.41, 5.74) is 0.418. The van der Waals surface area contributed by atoms with Gasteiger partial charge in [0, 0.05) is 30.0 Å². The van der Waals surface area contributed by atoms with Gasteiger partial charge in [-0.15, -0.1) is 11.3 Å². The molecular weight excluding hydrogens is 382 g/mol. The van der Waals surface area contributed by atoms with Gasteiger partial charge >= 0.3 is 0 Å². The molecule has 0 aromatic carbocycles. The van der Waals surface area contributed by atoms with Gasteiger partial charge in [-0.3, -0.25) is 9.59 Å². The molecule has 29 heavy (non-hydrogen) atoms. The number of thiazole rings is 1. The van der Waals surface area contributed by atoms with Crippen LogP contribution in [0.15, 0.2) is 11.6 Å². The fourth-order valence-electron chi connectivity index (χ4n) is 5.71. The summed E-state index contributed by atoms with van der Waals surface area (Å²) in [5, 5.41) is 9.65. The van der Waals surface area contributed by atoms with E-state index in [0.717, 1.165) is 56.5 Å². The zero-order valence-corrected chi connectivity index (χ0v) is 18.0. The van der Waals surface area contributed by atoms with E-state index in [1.54, 1.807) is 11.3 Å². The van der Waals surface area contributed by atoms with Gasteiger partial charge in [0.25, 0.3) is 0 Å². The van der Waals surface area contributed by atoms with E-state index in [1.165, 1.54) is 25.7 Å². The number of hydrogen-bond acceptors (Lipinski definition) is 4. The highest BCUT2D eigenvalue weighted by atomic mass is 32.1. The number of carbonyl (C=O) groups excluding carboxylic acids is 2. The maximum atomic E-state index is 12.6. The van der Waals surface area contributed by atoms with Crippen molar-refractivity contribution < 1.29 is 9.59 Å². The Balaban J connectivity index is 1.11. The van der Waals surface area contributed by atoms with E-state index >= 15 is 0 Å². The summed E-state index contributed by atoms with van der Waals surface area (Å²) in [7, 11) is 0. The summed E-state index contributed by atoms with van der Waals surface area (Å²) in [6, 6.07) is 0.0589. The molecule has 0 radical (unpaired) electrons. The number of nitrogens with zero attached hydrogens (tertiary/aromatic N) is 1. The van der Waals surface area contributed by atoms with E-state index in [-0.39, 0.29) is 17.9 Å². The molecule has 5 nitrogen and oxygen atoms in total. The van der Waals surface area contributed by atoms with E-state index in [2.05, 4.69) is 15.6 Å². The van der Waals surface area contributed by atoms with Gasteiger partial charge in [0.05, 0.1) is 6.04 Å². The van der Waals surface area contributed by atoms with Crippen LogP contribution in [-0.4, -0.2) is 23.3 Å². The summed E-state index contributed by atoms with van der Waals surface area (Å²) in [6.07, 6.45) is 14.5. The minimum absolute atomic E-state index is 0.0589. The van der Waals surface area contributed by atoms with Crippen LogP contribution in [0.2, 0.25) is 0 Å². The van der Waals surface area contributed by atoms with Crippen LogP contribution in [0.4, 0.5) is 0 Å². The molecule has 0 unspecified atom stereocenters. The average Bonchev–Trinajstić information content (AvgIpc) is 3.22. The Kier molecular flexibility index (Phi) is 5.39. The Morgan fingerprint density at radius 3 is 2.45 bits per heavy atom. The highest BCUT2D eigenvalue weighted by Crippen LogP contribution is 2.65. The summed E-state index contributed by atoms with van der Waals surface area (Å²) >= 11 is 1.65. The zero-order chi connectivity index (χ0) is 19.8. The second-order valence-electron chi connectivity index (χ2n) is 9.98. The Bertz CT molecular complexity index is 733. The number of amides is 2. The van der Waals surface area contributed by atoms with E-state index in [9.17, 15) is 9.59 Å². The lowest BCUT2D eigenvalue weighted by atomic mass is 9.77. The lowest BCUT2D eigenvalue weighted by molar-refractivity contribution is -0.129. The zero-order valence-electron chi connectivity index (χ0n) is 17.2. The molecule has 158 valence electrons. The minimum atomic E-state index is 0.0589. The fraction of sp³-hybridized carbons (Fsp3) is 0.783. The first-order valence-corrected chi connectivity index (χ1v) is 12.5. The van der Waals surface area contributed by atoms with Crippen molar-refractivity contribution in [2.24, 2.45) is 29.1 Å². The monoisotopic (exact) mass is 415 g/mol. The molecule has 4 aliphatic carbocycles. The van der Waals surface area contributed by atoms with Crippen LogP contribution in [0.5, 0.6) is 0 Å². The summed E-state index contributed by atoms with van der Waals surface area (Å²) in [5.74, 6) is 2.08. The van der Waals surface area contributed by atoms with Crippen molar-refractivity contribution >= 4 is 23.2 Å². The van der Waals surface area contributed by atoms with Crippen LogP contribution in [0.1, 0.15) is 81.7 Å². The lowest BCUT2D eigenvalue weighted by Gasteiger charge is -2.35. The normalized spacial score (nSPS) is 31.4. The molecule has 2 N–H and O–H groups in total. The maximum Gasteiger partial charge on any atom is 0.223 e. The summed E-state index contributed by atoms with van der Waals surface area (Å²) in [4.78, 5) is 29.6. The van der Waals surface area contributed by atoms with Crippen molar-refractivity contribution in [2.45, 2.75) is 76.7 Å². The fourth-order valence-corrected chi connectivity index (χ4v) is 6.49. The second-order valence-corrected chi connectivity index (χ2v) is 10.9. The molecule has 1 aromatic heterocycles. The molecular formula is C23H33N3O2S. The molecule has 1 aromatic rings. The minimum Gasteiger partial charge on any atom is -0.356 e. The molecule has 2 atom stereocenters. The van der Waals surface area contributed by atoms with Crippen molar-refractivity contribution in [1.82, 2.24) is 15.6 Å². The van der Waals surface area contributed by atoms with Crippen molar-refractivity contribution in [2.75, 3.05) is 6.54 Å². The first-order chi connectivity index (χ1) is 14.1. The van der Waals surface area contributed by atoms with E-state index in [0.29, 0.717) is 29.1 Å². The van der Waals surface area contributed by atoms with Crippen molar-refractivity contribution in [3.8, 4) is 0 Å².